The molecule has 130 valence electrons. The van der Waals surface area contributed by atoms with Crippen LogP contribution in [0.15, 0.2) is 24.3 Å². The van der Waals surface area contributed by atoms with Gasteiger partial charge in [0.1, 0.15) is 5.82 Å². The third-order valence-corrected chi connectivity index (χ3v) is 4.64. The molecule has 23 heavy (non-hydrogen) atoms. The maximum atomic E-state index is 13.5. The van der Waals surface area contributed by atoms with Gasteiger partial charge in [0, 0.05) is 25.1 Å². The van der Waals surface area contributed by atoms with Crippen LogP contribution in [0.4, 0.5) is 4.39 Å². The van der Waals surface area contributed by atoms with Crippen molar-refractivity contribution in [2.24, 2.45) is 0 Å². The van der Waals surface area contributed by atoms with Gasteiger partial charge < -0.3 is 10.1 Å². The molecule has 0 fully saturated rings. The topological polar surface area (TPSA) is 72.5 Å². The maximum absolute atomic E-state index is 13.5. The van der Waals surface area contributed by atoms with E-state index in [1.54, 1.807) is 6.07 Å². The minimum absolute atomic E-state index is 0.123. The van der Waals surface area contributed by atoms with Crippen molar-refractivity contribution in [3.05, 3.63) is 35.6 Å². The van der Waals surface area contributed by atoms with Gasteiger partial charge in [-0.15, -0.1) is 0 Å². The van der Waals surface area contributed by atoms with Crippen LogP contribution in [0.25, 0.3) is 0 Å². The molecule has 0 bridgehead atoms. The zero-order chi connectivity index (χ0) is 17.3. The zero-order valence-corrected chi connectivity index (χ0v) is 14.4. The molecule has 1 aromatic rings. The number of ether oxygens (including phenoxy) is 1. The first-order valence-corrected chi connectivity index (χ1v) is 9.44. The van der Waals surface area contributed by atoms with Crippen molar-refractivity contribution < 1.29 is 22.3 Å². The van der Waals surface area contributed by atoms with E-state index in [1.807, 2.05) is 13.8 Å². The SMILES string of the molecule is CC(C)OCCCNC(=O)CCS(=O)(=O)Cc1ccccc1F. The summed E-state index contributed by atoms with van der Waals surface area (Å²) in [6.07, 6.45) is 0.697. The molecule has 1 rings (SSSR count). The van der Waals surface area contributed by atoms with E-state index >= 15 is 0 Å². The van der Waals surface area contributed by atoms with E-state index in [9.17, 15) is 17.6 Å². The smallest absolute Gasteiger partial charge is 0.221 e. The van der Waals surface area contributed by atoms with Gasteiger partial charge in [0.2, 0.25) is 5.91 Å². The molecule has 0 saturated heterocycles. The first-order valence-electron chi connectivity index (χ1n) is 7.62. The van der Waals surface area contributed by atoms with Gasteiger partial charge in [-0.05, 0) is 26.3 Å². The summed E-state index contributed by atoms with van der Waals surface area (Å²) in [7, 11) is -3.52. The Morgan fingerprint density at radius 3 is 2.65 bits per heavy atom. The van der Waals surface area contributed by atoms with Crippen molar-refractivity contribution >= 4 is 15.7 Å². The molecular formula is C16H24FNO4S. The van der Waals surface area contributed by atoms with Crippen LogP contribution in [-0.2, 0) is 25.1 Å². The van der Waals surface area contributed by atoms with E-state index in [4.69, 9.17) is 4.74 Å². The van der Waals surface area contributed by atoms with E-state index in [0.717, 1.165) is 0 Å². The Morgan fingerprint density at radius 2 is 2.00 bits per heavy atom. The summed E-state index contributed by atoms with van der Waals surface area (Å²) in [4.78, 5) is 11.6. The molecule has 0 saturated carbocycles. The van der Waals surface area contributed by atoms with Crippen molar-refractivity contribution in [2.45, 2.75) is 38.5 Å². The van der Waals surface area contributed by atoms with Gasteiger partial charge in [0.05, 0.1) is 17.6 Å². The van der Waals surface area contributed by atoms with Crippen LogP contribution >= 0.6 is 0 Å². The van der Waals surface area contributed by atoms with E-state index < -0.39 is 21.4 Å². The van der Waals surface area contributed by atoms with Gasteiger partial charge in [-0.1, -0.05) is 18.2 Å². The first kappa shape index (κ1) is 19.6. The summed E-state index contributed by atoms with van der Waals surface area (Å²) in [5.74, 6) is -1.57. The van der Waals surface area contributed by atoms with Gasteiger partial charge in [-0.2, -0.15) is 0 Å². The Morgan fingerprint density at radius 1 is 1.30 bits per heavy atom. The summed E-state index contributed by atoms with van der Waals surface area (Å²) in [5.41, 5.74) is 0.124. The Hall–Kier alpha value is -1.47. The molecule has 5 nitrogen and oxygen atoms in total. The summed E-state index contributed by atoms with van der Waals surface area (Å²) >= 11 is 0. The van der Waals surface area contributed by atoms with E-state index in [0.29, 0.717) is 19.6 Å². The molecule has 1 aromatic carbocycles. The fraction of sp³-hybridized carbons (Fsp3) is 0.562. The van der Waals surface area contributed by atoms with Crippen LogP contribution in [0.3, 0.4) is 0 Å². The normalized spacial score (nSPS) is 11.7. The fourth-order valence-electron chi connectivity index (χ4n) is 1.88. The number of sulfone groups is 1. The third-order valence-electron chi connectivity index (χ3n) is 3.07. The quantitative estimate of drug-likeness (QED) is 0.659. The summed E-state index contributed by atoms with van der Waals surface area (Å²) in [5, 5.41) is 2.65. The molecule has 0 unspecified atom stereocenters. The van der Waals surface area contributed by atoms with Crippen LogP contribution in [-0.4, -0.2) is 39.3 Å². The molecular weight excluding hydrogens is 321 g/mol. The average molecular weight is 345 g/mol. The van der Waals surface area contributed by atoms with Gasteiger partial charge in [-0.25, -0.2) is 12.8 Å². The fourth-order valence-corrected chi connectivity index (χ4v) is 3.23. The largest absolute Gasteiger partial charge is 0.379 e. The monoisotopic (exact) mass is 345 g/mol. The number of nitrogens with one attached hydrogen (secondary N) is 1. The second-order valence-electron chi connectivity index (χ2n) is 5.56. The molecule has 0 spiro atoms. The Balaban J connectivity index is 2.30. The molecule has 0 heterocycles. The molecule has 0 aromatic heterocycles. The Bertz CT molecular complexity index is 602. The number of hydrogen-bond donors (Lipinski definition) is 1. The first-order chi connectivity index (χ1) is 10.8. The molecule has 0 atom stereocenters. The highest BCUT2D eigenvalue weighted by Crippen LogP contribution is 2.11. The van der Waals surface area contributed by atoms with Gasteiger partial charge in [0.25, 0.3) is 0 Å². The maximum Gasteiger partial charge on any atom is 0.221 e. The zero-order valence-electron chi connectivity index (χ0n) is 13.5. The van der Waals surface area contributed by atoms with Crippen LogP contribution < -0.4 is 5.32 Å². The molecule has 1 N–H and O–H groups in total. The Labute approximate surface area is 137 Å². The number of rotatable bonds is 10. The molecule has 0 aliphatic carbocycles. The lowest BCUT2D eigenvalue weighted by atomic mass is 10.2. The average Bonchev–Trinajstić information content (AvgIpc) is 2.47. The van der Waals surface area contributed by atoms with Crippen molar-refractivity contribution in [3.63, 3.8) is 0 Å². The Kier molecular flexibility index (Phi) is 8.19. The lowest BCUT2D eigenvalue weighted by molar-refractivity contribution is -0.120. The van der Waals surface area contributed by atoms with Crippen molar-refractivity contribution in [1.29, 1.82) is 0 Å². The van der Waals surface area contributed by atoms with E-state index in [1.165, 1.54) is 18.2 Å². The summed E-state index contributed by atoms with van der Waals surface area (Å²) < 4.78 is 42.7. The standard InChI is InChI=1S/C16H24FNO4S/c1-13(2)22-10-5-9-18-16(19)8-11-23(20,21)12-14-6-3-4-7-15(14)17/h3-4,6-7,13H,5,8-12H2,1-2H3,(H,18,19). The van der Waals surface area contributed by atoms with E-state index in [-0.39, 0.29) is 29.7 Å². The highest BCUT2D eigenvalue weighted by Gasteiger charge is 2.16. The van der Waals surface area contributed by atoms with Gasteiger partial charge >= 0.3 is 0 Å². The number of amides is 1. The predicted molar refractivity (Wildman–Crippen MR) is 87.2 cm³/mol. The lowest BCUT2D eigenvalue weighted by Crippen LogP contribution is -2.27. The minimum atomic E-state index is -3.52. The highest BCUT2D eigenvalue weighted by atomic mass is 32.2. The number of benzene rings is 1. The second-order valence-corrected chi connectivity index (χ2v) is 7.74. The number of carbonyl (C=O) groups is 1. The van der Waals surface area contributed by atoms with Gasteiger partial charge in [-0.3, -0.25) is 4.79 Å². The van der Waals surface area contributed by atoms with Crippen molar-refractivity contribution in [3.8, 4) is 0 Å². The summed E-state index contributed by atoms with van der Waals surface area (Å²) in [6.45, 7) is 4.85. The highest BCUT2D eigenvalue weighted by molar-refractivity contribution is 7.90. The number of carbonyl (C=O) groups excluding carboxylic acids is 1. The number of hydrogen-bond acceptors (Lipinski definition) is 4. The number of halogens is 1. The van der Waals surface area contributed by atoms with Crippen LogP contribution in [0.1, 0.15) is 32.3 Å². The molecule has 1 amide bonds. The molecule has 0 aliphatic rings. The summed E-state index contributed by atoms with van der Waals surface area (Å²) in [6, 6.07) is 5.74. The van der Waals surface area contributed by atoms with Crippen molar-refractivity contribution in [1.82, 2.24) is 5.32 Å². The predicted octanol–water partition coefficient (Wildman–Crippen LogP) is 2.06. The molecule has 0 radical (unpaired) electrons. The molecule has 0 aliphatic heterocycles. The van der Waals surface area contributed by atoms with E-state index in [2.05, 4.69) is 5.32 Å². The second kappa shape index (κ2) is 9.62. The van der Waals surface area contributed by atoms with Crippen LogP contribution in [0, 0.1) is 5.82 Å². The third kappa shape index (κ3) is 8.66. The minimum Gasteiger partial charge on any atom is -0.379 e. The lowest BCUT2D eigenvalue weighted by Gasteiger charge is -2.09. The van der Waals surface area contributed by atoms with Crippen molar-refractivity contribution in [2.75, 3.05) is 18.9 Å². The van der Waals surface area contributed by atoms with Gasteiger partial charge in [0.15, 0.2) is 9.84 Å². The molecule has 7 heteroatoms. The van der Waals surface area contributed by atoms with Crippen LogP contribution in [0.2, 0.25) is 0 Å². The van der Waals surface area contributed by atoms with Crippen LogP contribution in [0.5, 0.6) is 0 Å².